The number of rotatable bonds is 4. The van der Waals surface area contributed by atoms with E-state index in [2.05, 4.69) is 45.4 Å². The first kappa shape index (κ1) is 21.3. The Morgan fingerprint density at radius 3 is 2.25 bits per heavy atom. The van der Waals surface area contributed by atoms with Crippen LogP contribution in [-0.4, -0.2) is 43.0 Å². The van der Waals surface area contributed by atoms with E-state index in [4.69, 9.17) is 17.0 Å². The second-order valence-corrected chi connectivity index (χ2v) is 9.50. The van der Waals surface area contributed by atoms with E-state index in [0.29, 0.717) is 10.9 Å². The van der Waals surface area contributed by atoms with Crippen molar-refractivity contribution in [3.63, 3.8) is 0 Å². The van der Waals surface area contributed by atoms with Crippen molar-refractivity contribution < 1.29 is 0 Å². The molecule has 3 aromatic carbocycles. The summed E-state index contributed by atoms with van der Waals surface area (Å²) in [5.74, 6) is 0.386. The van der Waals surface area contributed by atoms with Crippen molar-refractivity contribution in [2.24, 2.45) is 0 Å². The van der Waals surface area contributed by atoms with Crippen LogP contribution in [0.25, 0.3) is 10.8 Å². The van der Waals surface area contributed by atoms with Gasteiger partial charge < -0.3 is 10.2 Å². The summed E-state index contributed by atoms with van der Waals surface area (Å²) < 4.78 is 0. The van der Waals surface area contributed by atoms with Crippen molar-refractivity contribution in [3.05, 3.63) is 71.2 Å². The maximum Gasteiger partial charge on any atom is 0.129 e. The third-order valence-corrected chi connectivity index (χ3v) is 7.25. The normalized spacial score (nSPS) is 18.1. The first-order chi connectivity index (χ1) is 15.7. The third-order valence-electron chi connectivity index (χ3n) is 7.00. The van der Waals surface area contributed by atoms with Crippen LogP contribution in [0.1, 0.15) is 37.7 Å². The van der Waals surface area contributed by atoms with E-state index < -0.39 is 0 Å². The fraction of sp³-hybridized carbons (Fsp3) is 0.370. The minimum Gasteiger partial charge on any atom is -0.369 e. The van der Waals surface area contributed by atoms with E-state index in [0.717, 1.165) is 35.8 Å². The van der Waals surface area contributed by atoms with Gasteiger partial charge in [-0.15, -0.1) is 0 Å². The van der Waals surface area contributed by atoms with Crippen LogP contribution >= 0.6 is 11.6 Å². The number of halogens is 1. The van der Waals surface area contributed by atoms with Gasteiger partial charge in [0.2, 0.25) is 0 Å². The van der Waals surface area contributed by atoms with Gasteiger partial charge in [0.05, 0.1) is 0 Å². The molecule has 166 valence electrons. The van der Waals surface area contributed by atoms with Gasteiger partial charge in [-0.25, -0.2) is 0 Å². The highest BCUT2D eigenvalue weighted by Crippen LogP contribution is 2.27. The van der Waals surface area contributed by atoms with Crippen molar-refractivity contribution in [3.8, 4) is 0 Å². The molecule has 4 nitrogen and oxygen atoms in total. The Hall–Kier alpha value is -2.56. The molecule has 5 rings (SSSR count). The SMILES string of the molecule is N=C(Nc1ccc(Cl)cc1)c1ccc2cc(N3CCN(C4CCCCC4)CC3)ccc2c1. The van der Waals surface area contributed by atoms with Crippen LogP contribution in [0.3, 0.4) is 0 Å². The van der Waals surface area contributed by atoms with Crippen molar-refractivity contribution >= 4 is 39.6 Å². The molecular formula is C27H31ClN4. The molecule has 1 heterocycles. The third kappa shape index (κ3) is 4.77. The molecule has 0 atom stereocenters. The number of fused-ring (bicyclic) bond motifs is 1. The number of amidine groups is 1. The van der Waals surface area contributed by atoms with Crippen LogP contribution in [0, 0.1) is 5.41 Å². The summed E-state index contributed by atoms with van der Waals surface area (Å²) in [5.41, 5.74) is 3.05. The molecule has 5 heteroatoms. The summed E-state index contributed by atoms with van der Waals surface area (Å²) in [7, 11) is 0. The lowest BCUT2D eigenvalue weighted by Crippen LogP contribution is -2.50. The lowest BCUT2D eigenvalue weighted by Gasteiger charge is -2.41. The molecule has 0 aromatic heterocycles. The highest BCUT2D eigenvalue weighted by Gasteiger charge is 2.25. The molecule has 0 radical (unpaired) electrons. The summed E-state index contributed by atoms with van der Waals surface area (Å²) in [6.45, 7) is 4.57. The largest absolute Gasteiger partial charge is 0.369 e. The molecule has 0 spiro atoms. The van der Waals surface area contributed by atoms with Gasteiger partial charge in [0.15, 0.2) is 0 Å². The number of nitrogens with one attached hydrogen (secondary N) is 2. The molecule has 1 saturated carbocycles. The Morgan fingerprint density at radius 2 is 1.50 bits per heavy atom. The predicted octanol–water partition coefficient (Wildman–Crippen LogP) is 6.39. The average molecular weight is 447 g/mol. The predicted molar refractivity (Wildman–Crippen MR) is 137 cm³/mol. The summed E-state index contributed by atoms with van der Waals surface area (Å²) in [6.07, 6.45) is 7.01. The molecule has 1 aliphatic heterocycles. The van der Waals surface area contributed by atoms with Crippen LogP contribution in [0.15, 0.2) is 60.7 Å². The lowest BCUT2D eigenvalue weighted by molar-refractivity contribution is 0.148. The van der Waals surface area contributed by atoms with Crippen LogP contribution in [-0.2, 0) is 0 Å². The van der Waals surface area contributed by atoms with Crippen molar-refractivity contribution in [2.45, 2.75) is 38.1 Å². The molecule has 0 bridgehead atoms. The Bertz CT molecular complexity index is 1080. The van der Waals surface area contributed by atoms with E-state index in [1.807, 2.05) is 30.3 Å². The molecule has 2 fully saturated rings. The minimum atomic E-state index is 0.386. The second kappa shape index (κ2) is 9.51. The standard InChI is InChI=1S/C27H31ClN4/c28-23-9-11-24(12-10-23)30-27(29)22-7-6-21-19-26(13-8-20(21)18-22)32-16-14-31(15-17-32)25-4-2-1-3-5-25/h6-13,18-19,25H,1-5,14-17H2,(H2,29,30). The van der Waals surface area contributed by atoms with E-state index in [1.165, 1.54) is 56.3 Å². The van der Waals surface area contributed by atoms with Crippen molar-refractivity contribution in [1.29, 1.82) is 5.41 Å². The quantitative estimate of drug-likeness (QED) is 0.360. The van der Waals surface area contributed by atoms with Crippen molar-refractivity contribution in [1.82, 2.24) is 4.90 Å². The smallest absolute Gasteiger partial charge is 0.129 e. The zero-order valence-corrected chi connectivity index (χ0v) is 19.2. The van der Waals surface area contributed by atoms with E-state index in [-0.39, 0.29) is 0 Å². The Labute approximate surface area is 195 Å². The highest BCUT2D eigenvalue weighted by atomic mass is 35.5. The van der Waals surface area contributed by atoms with Crippen molar-refractivity contribution in [2.75, 3.05) is 36.4 Å². The Balaban J connectivity index is 1.25. The monoisotopic (exact) mass is 446 g/mol. The van der Waals surface area contributed by atoms with E-state index in [9.17, 15) is 0 Å². The van der Waals surface area contributed by atoms with Gasteiger partial charge >= 0.3 is 0 Å². The minimum absolute atomic E-state index is 0.386. The molecule has 0 amide bonds. The first-order valence-corrected chi connectivity index (χ1v) is 12.2. The molecule has 3 aromatic rings. The molecule has 2 aliphatic rings. The average Bonchev–Trinajstić information content (AvgIpc) is 2.85. The van der Waals surface area contributed by atoms with Gasteiger partial charge in [-0.3, -0.25) is 10.3 Å². The maximum atomic E-state index is 8.45. The molecule has 1 aliphatic carbocycles. The second-order valence-electron chi connectivity index (χ2n) is 9.07. The number of nitrogens with zero attached hydrogens (tertiary/aromatic N) is 2. The van der Waals surface area contributed by atoms with Gasteiger partial charge in [0, 0.05) is 54.2 Å². The first-order valence-electron chi connectivity index (χ1n) is 11.8. The fourth-order valence-electron chi connectivity index (χ4n) is 5.13. The van der Waals surface area contributed by atoms with E-state index >= 15 is 0 Å². The van der Waals surface area contributed by atoms with Gasteiger partial charge in [-0.05, 0) is 66.1 Å². The van der Waals surface area contributed by atoms with Gasteiger partial charge in [0.1, 0.15) is 5.84 Å². The molecule has 0 unspecified atom stereocenters. The van der Waals surface area contributed by atoms with E-state index in [1.54, 1.807) is 0 Å². The fourth-order valence-corrected chi connectivity index (χ4v) is 5.25. The number of hydrogen-bond acceptors (Lipinski definition) is 3. The summed E-state index contributed by atoms with van der Waals surface area (Å²) >= 11 is 5.95. The highest BCUT2D eigenvalue weighted by molar-refractivity contribution is 6.30. The van der Waals surface area contributed by atoms with Gasteiger partial charge in [0.25, 0.3) is 0 Å². The number of piperazine rings is 1. The zero-order valence-electron chi connectivity index (χ0n) is 18.5. The Kier molecular flexibility index (Phi) is 6.33. The number of benzene rings is 3. The zero-order chi connectivity index (χ0) is 21.9. The topological polar surface area (TPSA) is 42.4 Å². The Morgan fingerprint density at radius 1 is 0.812 bits per heavy atom. The summed E-state index contributed by atoms with van der Waals surface area (Å²) in [4.78, 5) is 5.25. The summed E-state index contributed by atoms with van der Waals surface area (Å²) in [6, 6.07) is 21.2. The number of hydrogen-bond donors (Lipinski definition) is 2. The lowest BCUT2D eigenvalue weighted by atomic mass is 9.94. The number of anilines is 2. The maximum absolute atomic E-state index is 8.45. The summed E-state index contributed by atoms with van der Waals surface area (Å²) in [5, 5.41) is 14.7. The van der Waals surface area contributed by atoms with Crippen LogP contribution in [0.4, 0.5) is 11.4 Å². The van der Waals surface area contributed by atoms with Gasteiger partial charge in [-0.2, -0.15) is 0 Å². The molecule has 32 heavy (non-hydrogen) atoms. The molecule has 1 saturated heterocycles. The molecule has 2 N–H and O–H groups in total. The molecular weight excluding hydrogens is 416 g/mol. The van der Waals surface area contributed by atoms with Crippen LogP contribution < -0.4 is 10.2 Å². The van der Waals surface area contributed by atoms with Crippen LogP contribution in [0.2, 0.25) is 5.02 Å². The van der Waals surface area contributed by atoms with Crippen LogP contribution in [0.5, 0.6) is 0 Å². The van der Waals surface area contributed by atoms with Gasteiger partial charge in [-0.1, -0.05) is 49.1 Å².